The third-order valence-electron chi connectivity index (χ3n) is 4.77. The highest BCUT2D eigenvalue weighted by Crippen LogP contribution is 2.29. The zero-order valence-electron chi connectivity index (χ0n) is 13.5. The van der Waals surface area contributed by atoms with Crippen molar-refractivity contribution in [3.63, 3.8) is 0 Å². The molecular weight excluding hydrogens is 389 g/mol. The Bertz CT molecular complexity index is 632. The van der Waals surface area contributed by atoms with Gasteiger partial charge in [-0.1, -0.05) is 0 Å². The molecule has 0 aliphatic carbocycles. The van der Waals surface area contributed by atoms with Crippen molar-refractivity contribution in [2.24, 2.45) is 5.92 Å². The van der Waals surface area contributed by atoms with Gasteiger partial charge in [-0.3, -0.25) is 5.10 Å². The van der Waals surface area contributed by atoms with Gasteiger partial charge in [0.15, 0.2) is 0 Å². The van der Waals surface area contributed by atoms with Gasteiger partial charge in [0, 0.05) is 21.1 Å². The summed E-state index contributed by atoms with van der Waals surface area (Å²) in [7, 11) is 0. The zero-order valence-corrected chi connectivity index (χ0v) is 15.6. The van der Waals surface area contributed by atoms with Crippen molar-refractivity contribution in [1.82, 2.24) is 15.1 Å². The van der Waals surface area contributed by atoms with Crippen molar-refractivity contribution < 1.29 is 4.74 Å². The van der Waals surface area contributed by atoms with Gasteiger partial charge in [-0.05, 0) is 81.3 Å². The normalized spacial score (nSPS) is 19.0. The van der Waals surface area contributed by atoms with Crippen LogP contribution in [-0.4, -0.2) is 40.3 Å². The summed E-state index contributed by atoms with van der Waals surface area (Å²) in [6, 6.07) is 4.82. The summed E-state index contributed by atoms with van der Waals surface area (Å²) in [6.45, 7) is 9.14. The predicted molar refractivity (Wildman–Crippen MR) is 98.3 cm³/mol. The second kappa shape index (κ2) is 6.74. The summed E-state index contributed by atoms with van der Waals surface area (Å²) in [5, 5.41) is 8.29. The summed E-state index contributed by atoms with van der Waals surface area (Å²) in [5.41, 5.74) is 1.05. The number of benzene rings is 1. The summed E-state index contributed by atoms with van der Waals surface area (Å²) in [4.78, 5) is 2.56. The molecule has 4 nitrogen and oxygen atoms in total. The largest absolute Gasteiger partial charge is 0.490 e. The number of nitrogens with zero attached hydrogens (tertiary/aromatic N) is 2. The molecule has 1 aliphatic heterocycles. The second-order valence-corrected chi connectivity index (χ2v) is 7.69. The minimum absolute atomic E-state index is 0.255. The number of aromatic amines is 1. The molecule has 1 fully saturated rings. The van der Waals surface area contributed by atoms with E-state index in [1.165, 1.54) is 29.5 Å². The van der Waals surface area contributed by atoms with Crippen molar-refractivity contribution in [3.8, 4) is 5.75 Å². The molecule has 5 heteroatoms. The summed E-state index contributed by atoms with van der Waals surface area (Å²) >= 11 is 2.34. The number of likely N-dealkylation sites (tertiary alicyclic amines) is 1. The van der Waals surface area contributed by atoms with E-state index in [1.54, 1.807) is 0 Å². The molecule has 1 aromatic carbocycles. The quantitative estimate of drug-likeness (QED) is 0.769. The van der Waals surface area contributed by atoms with Crippen molar-refractivity contribution in [2.75, 3.05) is 13.1 Å². The molecule has 2 aromatic rings. The lowest BCUT2D eigenvalue weighted by Gasteiger charge is -2.36. The molecule has 1 unspecified atom stereocenters. The number of halogens is 1. The van der Waals surface area contributed by atoms with Gasteiger partial charge in [0.2, 0.25) is 0 Å². The van der Waals surface area contributed by atoms with Crippen LogP contribution in [0, 0.1) is 9.49 Å². The maximum absolute atomic E-state index is 6.24. The van der Waals surface area contributed by atoms with Gasteiger partial charge in [-0.2, -0.15) is 5.10 Å². The molecular formula is C17H24IN3O. The molecule has 1 N–H and O–H groups in total. The SMILES string of the molecule is CC(Oc1cc(I)c2cn[nH]c2c1)C1CCN(C(C)C)CC1. The highest BCUT2D eigenvalue weighted by Gasteiger charge is 2.26. The molecule has 0 saturated carbocycles. The van der Waals surface area contributed by atoms with E-state index in [0.717, 1.165) is 16.7 Å². The van der Waals surface area contributed by atoms with Gasteiger partial charge in [0.05, 0.1) is 17.8 Å². The Balaban J connectivity index is 1.64. The monoisotopic (exact) mass is 413 g/mol. The topological polar surface area (TPSA) is 41.1 Å². The maximum atomic E-state index is 6.24. The highest BCUT2D eigenvalue weighted by molar-refractivity contribution is 14.1. The van der Waals surface area contributed by atoms with Crippen molar-refractivity contribution >= 4 is 33.5 Å². The second-order valence-electron chi connectivity index (χ2n) is 6.53. The number of H-pyrrole nitrogens is 1. The Morgan fingerprint density at radius 3 is 2.68 bits per heavy atom. The average molecular weight is 413 g/mol. The molecule has 22 heavy (non-hydrogen) atoms. The van der Waals surface area contributed by atoms with Crippen molar-refractivity contribution in [3.05, 3.63) is 21.9 Å². The van der Waals surface area contributed by atoms with E-state index in [-0.39, 0.29) is 6.10 Å². The fraction of sp³-hybridized carbons (Fsp3) is 0.588. The summed E-state index contributed by atoms with van der Waals surface area (Å²) < 4.78 is 7.42. The van der Waals surface area contributed by atoms with Crippen LogP contribution < -0.4 is 4.74 Å². The lowest BCUT2D eigenvalue weighted by atomic mass is 9.91. The first kappa shape index (κ1) is 16.1. The van der Waals surface area contributed by atoms with Crippen LogP contribution in [0.5, 0.6) is 5.75 Å². The van der Waals surface area contributed by atoms with Crippen LogP contribution in [0.15, 0.2) is 18.3 Å². The Kier molecular flexibility index (Phi) is 4.92. The van der Waals surface area contributed by atoms with Gasteiger partial charge < -0.3 is 9.64 Å². The van der Waals surface area contributed by atoms with Gasteiger partial charge >= 0.3 is 0 Å². The minimum Gasteiger partial charge on any atom is -0.490 e. The number of rotatable bonds is 4. The van der Waals surface area contributed by atoms with E-state index < -0.39 is 0 Å². The first-order valence-electron chi connectivity index (χ1n) is 8.08. The highest BCUT2D eigenvalue weighted by atomic mass is 127. The van der Waals surface area contributed by atoms with E-state index in [2.05, 4.69) is 70.6 Å². The minimum atomic E-state index is 0.255. The lowest BCUT2D eigenvalue weighted by molar-refractivity contribution is 0.0758. The number of ether oxygens (including phenoxy) is 1. The van der Waals surface area contributed by atoms with E-state index in [0.29, 0.717) is 12.0 Å². The van der Waals surface area contributed by atoms with E-state index >= 15 is 0 Å². The molecule has 2 heterocycles. The maximum Gasteiger partial charge on any atom is 0.122 e. The molecule has 1 aromatic heterocycles. The Morgan fingerprint density at radius 1 is 1.27 bits per heavy atom. The number of piperidine rings is 1. The number of hydrogen-bond donors (Lipinski definition) is 1. The molecule has 0 bridgehead atoms. The third kappa shape index (κ3) is 3.40. The van der Waals surface area contributed by atoms with Crippen LogP contribution in [0.3, 0.4) is 0 Å². The Labute approximate surface area is 145 Å². The van der Waals surface area contributed by atoms with Crippen molar-refractivity contribution in [1.29, 1.82) is 0 Å². The van der Waals surface area contributed by atoms with E-state index in [9.17, 15) is 0 Å². The third-order valence-corrected chi connectivity index (χ3v) is 5.66. The standard InChI is InChI=1S/C17H24IN3O/c1-11(2)21-6-4-13(5-7-21)12(3)22-14-8-16(18)15-10-19-20-17(15)9-14/h8-13H,4-7H2,1-3H3,(H,19,20). The van der Waals surface area contributed by atoms with Crippen LogP contribution in [0.4, 0.5) is 0 Å². The summed E-state index contributed by atoms with van der Waals surface area (Å²) in [6.07, 6.45) is 4.57. The average Bonchev–Trinajstić information content (AvgIpc) is 2.96. The number of hydrogen-bond acceptors (Lipinski definition) is 3. The lowest BCUT2D eigenvalue weighted by Crippen LogP contribution is -2.41. The van der Waals surface area contributed by atoms with Crippen LogP contribution in [0.25, 0.3) is 10.9 Å². The predicted octanol–water partition coefficient (Wildman–Crippen LogP) is 4.06. The molecule has 0 radical (unpaired) electrons. The van der Waals surface area contributed by atoms with Gasteiger partial charge in [-0.25, -0.2) is 0 Å². The number of aromatic nitrogens is 2. The molecule has 0 amide bonds. The molecule has 1 atom stereocenters. The van der Waals surface area contributed by atoms with Gasteiger partial charge in [-0.15, -0.1) is 0 Å². The first-order chi connectivity index (χ1) is 10.5. The van der Waals surface area contributed by atoms with E-state index in [4.69, 9.17) is 4.74 Å². The first-order valence-corrected chi connectivity index (χ1v) is 9.16. The fourth-order valence-corrected chi connectivity index (χ4v) is 4.00. The van der Waals surface area contributed by atoms with Crippen molar-refractivity contribution in [2.45, 2.75) is 45.8 Å². The summed E-state index contributed by atoms with van der Waals surface area (Å²) in [5.74, 6) is 1.59. The smallest absolute Gasteiger partial charge is 0.122 e. The van der Waals surface area contributed by atoms with Crippen LogP contribution in [-0.2, 0) is 0 Å². The van der Waals surface area contributed by atoms with Gasteiger partial charge in [0.25, 0.3) is 0 Å². The van der Waals surface area contributed by atoms with E-state index in [1.807, 2.05) is 6.20 Å². The molecule has 0 spiro atoms. The van der Waals surface area contributed by atoms with Crippen LogP contribution in [0.2, 0.25) is 0 Å². The van der Waals surface area contributed by atoms with Gasteiger partial charge in [0.1, 0.15) is 5.75 Å². The fourth-order valence-electron chi connectivity index (χ4n) is 3.27. The molecule has 1 saturated heterocycles. The molecule has 120 valence electrons. The zero-order chi connectivity index (χ0) is 15.7. The Morgan fingerprint density at radius 2 is 2.00 bits per heavy atom. The van der Waals surface area contributed by atoms with Crippen LogP contribution >= 0.6 is 22.6 Å². The molecule has 1 aliphatic rings. The number of nitrogens with one attached hydrogen (secondary N) is 1. The van der Waals surface area contributed by atoms with Crippen LogP contribution in [0.1, 0.15) is 33.6 Å². The molecule has 3 rings (SSSR count). The number of fused-ring (bicyclic) bond motifs is 1. The Hall–Kier alpha value is -0.820.